The molecule has 0 spiro atoms. The average Bonchev–Trinajstić information content (AvgIpc) is 3.29. The summed E-state index contributed by atoms with van der Waals surface area (Å²) in [4.78, 5) is 18.8. The lowest BCUT2D eigenvalue weighted by atomic mass is 10.1. The van der Waals surface area contributed by atoms with E-state index in [2.05, 4.69) is 32.0 Å². The number of amides is 1. The van der Waals surface area contributed by atoms with Gasteiger partial charge in [-0.25, -0.2) is 4.98 Å². The number of carbonyl (C=O) groups is 1. The molecule has 0 aliphatic carbocycles. The van der Waals surface area contributed by atoms with E-state index >= 15 is 0 Å². The highest BCUT2D eigenvalue weighted by Crippen LogP contribution is 2.24. The smallest absolute Gasteiger partial charge is 0.226 e. The van der Waals surface area contributed by atoms with Crippen molar-refractivity contribution in [3.05, 3.63) is 51.9 Å². The summed E-state index contributed by atoms with van der Waals surface area (Å²) in [7, 11) is 4.04. The minimum absolute atomic E-state index is 0.0200. The third-order valence-electron chi connectivity index (χ3n) is 3.67. The molecule has 0 unspecified atom stereocenters. The van der Waals surface area contributed by atoms with Crippen molar-refractivity contribution in [2.24, 2.45) is 0 Å². The fourth-order valence-electron chi connectivity index (χ4n) is 2.40. The number of thiazole rings is 1. The molecule has 0 aliphatic heterocycles. The van der Waals surface area contributed by atoms with Crippen molar-refractivity contribution >= 4 is 28.6 Å². The number of furan rings is 1. The van der Waals surface area contributed by atoms with Crippen LogP contribution < -0.4 is 5.32 Å². The molecule has 3 heterocycles. The Labute approximate surface area is 149 Å². The van der Waals surface area contributed by atoms with Crippen LogP contribution in [-0.2, 0) is 11.2 Å². The van der Waals surface area contributed by atoms with Crippen molar-refractivity contribution in [3.8, 4) is 10.8 Å². The number of hydrogen-bond donors (Lipinski definition) is 1. The molecule has 5 nitrogen and oxygen atoms in total. The zero-order valence-corrected chi connectivity index (χ0v) is 15.2. The minimum Gasteiger partial charge on any atom is -0.462 e. The zero-order valence-electron chi connectivity index (χ0n) is 13.6. The monoisotopic (exact) mass is 361 g/mol. The Kier molecular flexibility index (Phi) is 5.44. The van der Waals surface area contributed by atoms with Crippen molar-refractivity contribution in [1.82, 2.24) is 15.2 Å². The molecule has 24 heavy (non-hydrogen) atoms. The number of aromatic nitrogens is 1. The first kappa shape index (κ1) is 16.9. The van der Waals surface area contributed by atoms with Gasteiger partial charge in [-0.3, -0.25) is 4.79 Å². The molecule has 7 heteroatoms. The minimum atomic E-state index is -0.0200. The largest absolute Gasteiger partial charge is 0.462 e. The highest BCUT2D eigenvalue weighted by molar-refractivity contribution is 7.13. The zero-order chi connectivity index (χ0) is 16.9. The molecule has 1 amide bonds. The molecule has 0 bridgehead atoms. The molecule has 3 aromatic heterocycles. The standard InChI is InChI=1S/C17H19N3O2S2/c1-20(2)14(12-5-7-23-10-12)9-18-16(21)8-13-11-24-17(19-13)15-4-3-6-22-15/h3-7,10-11,14H,8-9H2,1-2H3,(H,18,21)/t14-/m0/s1. The van der Waals surface area contributed by atoms with E-state index in [1.807, 2.05) is 31.6 Å². The van der Waals surface area contributed by atoms with Crippen molar-refractivity contribution < 1.29 is 9.21 Å². The van der Waals surface area contributed by atoms with Crippen LogP contribution in [0.4, 0.5) is 0 Å². The number of hydrogen-bond acceptors (Lipinski definition) is 6. The van der Waals surface area contributed by atoms with Gasteiger partial charge in [0, 0.05) is 11.9 Å². The second-order valence-corrected chi connectivity index (χ2v) is 7.28. The van der Waals surface area contributed by atoms with Gasteiger partial charge < -0.3 is 14.6 Å². The number of thiophene rings is 1. The molecule has 0 saturated heterocycles. The lowest BCUT2D eigenvalue weighted by molar-refractivity contribution is -0.120. The predicted molar refractivity (Wildman–Crippen MR) is 97.3 cm³/mol. The average molecular weight is 361 g/mol. The lowest BCUT2D eigenvalue weighted by Gasteiger charge is -2.23. The van der Waals surface area contributed by atoms with Gasteiger partial charge in [0.05, 0.1) is 24.4 Å². The quantitative estimate of drug-likeness (QED) is 0.700. The van der Waals surface area contributed by atoms with Crippen molar-refractivity contribution in [2.45, 2.75) is 12.5 Å². The summed E-state index contributed by atoms with van der Waals surface area (Å²) in [5, 5.41) is 9.88. The lowest BCUT2D eigenvalue weighted by Crippen LogP contribution is -2.35. The van der Waals surface area contributed by atoms with E-state index in [1.165, 1.54) is 16.9 Å². The summed E-state index contributed by atoms with van der Waals surface area (Å²) in [6, 6.07) is 5.96. The van der Waals surface area contributed by atoms with Crippen LogP contribution in [0.3, 0.4) is 0 Å². The first-order valence-corrected chi connectivity index (χ1v) is 9.39. The third kappa shape index (κ3) is 4.11. The van der Waals surface area contributed by atoms with Crippen LogP contribution in [0, 0.1) is 0 Å². The maximum Gasteiger partial charge on any atom is 0.226 e. The van der Waals surface area contributed by atoms with Crippen LogP contribution >= 0.6 is 22.7 Å². The van der Waals surface area contributed by atoms with E-state index in [1.54, 1.807) is 17.6 Å². The number of nitrogens with zero attached hydrogens (tertiary/aromatic N) is 2. The molecule has 1 atom stereocenters. The Morgan fingerprint density at radius 2 is 2.25 bits per heavy atom. The summed E-state index contributed by atoms with van der Waals surface area (Å²) < 4.78 is 5.33. The first-order chi connectivity index (χ1) is 11.6. The van der Waals surface area contributed by atoms with Gasteiger partial charge >= 0.3 is 0 Å². The second kappa shape index (κ2) is 7.74. The fourth-order valence-corrected chi connectivity index (χ4v) is 3.90. The predicted octanol–water partition coefficient (Wildman–Crippen LogP) is 3.43. The Hall–Kier alpha value is -1.96. The van der Waals surface area contributed by atoms with Crippen LogP contribution in [0.5, 0.6) is 0 Å². The number of rotatable bonds is 7. The van der Waals surface area contributed by atoms with Crippen LogP contribution in [0.15, 0.2) is 45.0 Å². The van der Waals surface area contributed by atoms with E-state index in [4.69, 9.17) is 4.42 Å². The Morgan fingerprint density at radius 1 is 1.38 bits per heavy atom. The van der Waals surface area contributed by atoms with Crippen LogP contribution in [-0.4, -0.2) is 36.4 Å². The number of nitrogens with one attached hydrogen (secondary N) is 1. The van der Waals surface area contributed by atoms with E-state index < -0.39 is 0 Å². The molecule has 3 rings (SSSR count). The Morgan fingerprint density at radius 3 is 2.92 bits per heavy atom. The molecule has 1 N–H and O–H groups in total. The molecule has 3 aromatic rings. The molecule has 0 saturated carbocycles. The van der Waals surface area contributed by atoms with Crippen molar-refractivity contribution in [1.29, 1.82) is 0 Å². The summed E-state index contributed by atoms with van der Waals surface area (Å²) in [6.07, 6.45) is 1.90. The maximum atomic E-state index is 12.2. The van der Waals surface area contributed by atoms with Gasteiger partial charge in [-0.05, 0) is 48.6 Å². The van der Waals surface area contributed by atoms with E-state index in [0.717, 1.165) is 16.5 Å². The normalized spacial score (nSPS) is 12.5. The van der Waals surface area contributed by atoms with Gasteiger partial charge in [0.25, 0.3) is 0 Å². The van der Waals surface area contributed by atoms with Gasteiger partial charge in [-0.2, -0.15) is 11.3 Å². The van der Waals surface area contributed by atoms with E-state index in [0.29, 0.717) is 6.54 Å². The number of likely N-dealkylation sites (N-methyl/N-ethyl adjacent to an activating group) is 1. The fraction of sp³-hybridized carbons (Fsp3) is 0.294. The van der Waals surface area contributed by atoms with Crippen LogP contribution in [0.25, 0.3) is 10.8 Å². The van der Waals surface area contributed by atoms with E-state index in [-0.39, 0.29) is 18.4 Å². The van der Waals surface area contributed by atoms with Gasteiger partial charge in [-0.15, -0.1) is 11.3 Å². The van der Waals surface area contributed by atoms with Gasteiger partial charge in [-0.1, -0.05) is 0 Å². The summed E-state index contributed by atoms with van der Waals surface area (Å²) in [5.41, 5.74) is 1.99. The Bertz CT molecular complexity index is 764. The molecule has 0 fully saturated rings. The summed E-state index contributed by atoms with van der Waals surface area (Å²) in [5.74, 6) is 0.713. The SMILES string of the molecule is CN(C)[C@@H](CNC(=O)Cc1csc(-c2ccco2)n1)c1ccsc1. The van der Waals surface area contributed by atoms with Crippen LogP contribution in [0.2, 0.25) is 0 Å². The second-order valence-electron chi connectivity index (χ2n) is 5.64. The molecule has 0 radical (unpaired) electrons. The number of carbonyl (C=O) groups excluding carboxylic acids is 1. The highest BCUT2D eigenvalue weighted by Gasteiger charge is 2.16. The third-order valence-corrected chi connectivity index (χ3v) is 5.28. The maximum absolute atomic E-state index is 12.2. The molecule has 126 valence electrons. The molecular formula is C17H19N3O2S2. The molecule has 0 aromatic carbocycles. The van der Waals surface area contributed by atoms with Gasteiger partial charge in [0.2, 0.25) is 5.91 Å². The van der Waals surface area contributed by atoms with E-state index in [9.17, 15) is 4.79 Å². The van der Waals surface area contributed by atoms with Crippen molar-refractivity contribution in [3.63, 3.8) is 0 Å². The summed E-state index contributed by atoms with van der Waals surface area (Å²) >= 11 is 3.15. The van der Waals surface area contributed by atoms with Crippen LogP contribution in [0.1, 0.15) is 17.3 Å². The van der Waals surface area contributed by atoms with Gasteiger partial charge in [0.15, 0.2) is 10.8 Å². The Balaban J connectivity index is 1.56. The van der Waals surface area contributed by atoms with Gasteiger partial charge in [0.1, 0.15) is 0 Å². The molecular weight excluding hydrogens is 342 g/mol. The first-order valence-electron chi connectivity index (χ1n) is 7.57. The molecule has 0 aliphatic rings. The highest BCUT2D eigenvalue weighted by atomic mass is 32.1. The van der Waals surface area contributed by atoms with Crippen molar-refractivity contribution in [2.75, 3.05) is 20.6 Å². The summed E-state index contributed by atoms with van der Waals surface area (Å²) in [6.45, 7) is 0.581. The topological polar surface area (TPSA) is 58.4 Å².